The molecule has 0 saturated heterocycles. The summed E-state index contributed by atoms with van der Waals surface area (Å²) in [6.45, 7) is 2.27. The van der Waals surface area contributed by atoms with Crippen molar-refractivity contribution in [1.82, 2.24) is 0 Å². The summed E-state index contributed by atoms with van der Waals surface area (Å²) in [5, 5.41) is 1.27. The van der Waals surface area contributed by atoms with Gasteiger partial charge in [0.1, 0.15) is 12.4 Å². The average molecular weight is 375 g/mol. The van der Waals surface area contributed by atoms with Crippen molar-refractivity contribution in [2.24, 2.45) is 5.73 Å². The Hall–Kier alpha value is -0.740. The Labute approximate surface area is 137 Å². The van der Waals surface area contributed by atoms with E-state index in [2.05, 4.69) is 15.9 Å². The van der Waals surface area contributed by atoms with Gasteiger partial charge in [-0.2, -0.15) is 0 Å². The second kappa shape index (κ2) is 6.81. The molecule has 0 aliphatic heterocycles. The summed E-state index contributed by atoms with van der Waals surface area (Å²) < 4.78 is 6.80. The van der Waals surface area contributed by atoms with Crippen LogP contribution in [0.25, 0.3) is 0 Å². The van der Waals surface area contributed by atoms with Crippen LogP contribution in [0.2, 0.25) is 10.0 Å². The Morgan fingerprint density at radius 1 is 1.20 bits per heavy atom. The maximum Gasteiger partial charge on any atom is 0.124 e. The van der Waals surface area contributed by atoms with Crippen LogP contribution in [0.15, 0.2) is 40.9 Å². The number of rotatable bonds is 4. The molecule has 2 N–H and O–H groups in total. The molecule has 0 radical (unpaired) electrons. The third-order valence-electron chi connectivity index (χ3n) is 2.85. The first-order chi connectivity index (χ1) is 9.47. The molecule has 0 aliphatic rings. The summed E-state index contributed by atoms with van der Waals surface area (Å²) >= 11 is 15.5. The molecule has 1 atom stereocenters. The minimum absolute atomic E-state index is 0.114. The van der Waals surface area contributed by atoms with Crippen molar-refractivity contribution in [3.8, 4) is 5.75 Å². The normalized spacial score (nSPS) is 12.2. The summed E-state index contributed by atoms with van der Waals surface area (Å²) in [7, 11) is 0. The zero-order valence-corrected chi connectivity index (χ0v) is 14.0. The molecule has 0 fully saturated rings. The SMILES string of the molecule is CC(N)c1cc(Br)ccc1OCc1cc(Cl)ccc1Cl. The molecule has 0 amide bonds. The minimum Gasteiger partial charge on any atom is -0.489 e. The Morgan fingerprint density at radius 2 is 1.95 bits per heavy atom. The van der Waals surface area contributed by atoms with E-state index in [-0.39, 0.29) is 6.04 Å². The Kier molecular flexibility index (Phi) is 5.33. The van der Waals surface area contributed by atoms with E-state index in [4.69, 9.17) is 33.7 Å². The molecular weight excluding hydrogens is 361 g/mol. The predicted octanol–water partition coefficient (Wildman–Crippen LogP) is 5.35. The second-order valence-corrected chi connectivity index (χ2v) is 6.25. The Morgan fingerprint density at radius 3 is 2.65 bits per heavy atom. The summed E-state index contributed by atoms with van der Waals surface area (Å²) in [5.74, 6) is 0.749. The van der Waals surface area contributed by atoms with Gasteiger partial charge in [-0.3, -0.25) is 0 Å². The van der Waals surface area contributed by atoms with Gasteiger partial charge in [0.2, 0.25) is 0 Å². The van der Waals surface area contributed by atoms with E-state index in [1.807, 2.05) is 25.1 Å². The lowest BCUT2D eigenvalue weighted by Crippen LogP contribution is -2.08. The third kappa shape index (κ3) is 3.89. The largest absolute Gasteiger partial charge is 0.489 e. The molecule has 106 valence electrons. The summed E-state index contributed by atoms with van der Waals surface area (Å²) in [6.07, 6.45) is 0. The Bertz CT molecular complexity index is 617. The number of halogens is 3. The molecule has 2 rings (SSSR count). The second-order valence-electron chi connectivity index (χ2n) is 4.50. The monoisotopic (exact) mass is 373 g/mol. The van der Waals surface area contributed by atoms with Crippen LogP contribution in [-0.4, -0.2) is 0 Å². The van der Waals surface area contributed by atoms with Gasteiger partial charge in [-0.25, -0.2) is 0 Å². The minimum atomic E-state index is -0.114. The van der Waals surface area contributed by atoms with Gasteiger partial charge >= 0.3 is 0 Å². The van der Waals surface area contributed by atoms with Gasteiger partial charge in [0.25, 0.3) is 0 Å². The molecule has 0 heterocycles. The van der Waals surface area contributed by atoms with Crippen LogP contribution in [-0.2, 0) is 6.61 Å². The highest BCUT2D eigenvalue weighted by Crippen LogP contribution is 2.29. The molecule has 0 saturated carbocycles. The van der Waals surface area contributed by atoms with Crippen molar-refractivity contribution < 1.29 is 4.74 Å². The molecule has 2 aromatic carbocycles. The van der Waals surface area contributed by atoms with E-state index >= 15 is 0 Å². The number of benzene rings is 2. The number of hydrogen-bond acceptors (Lipinski definition) is 2. The average Bonchev–Trinajstić information content (AvgIpc) is 2.40. The molecule has 0 spiro atoms. The summed E-state index contributed by atoms with van der Waals surface area (Å²) in [4.78, 5) is 0. The molecule has 2 nitrogen and oxygen atoms in total. The molecule has 0 aliphatic carbocycles. The highest BCUT2D eigenvalue weighted by molar-refractivity contribution is 9.10. The van der Waals surface area contributed by atoms with Crippen LogP contribution < -0.4 is 10.5 Å². The number of ether oxygens (including phenoxy) is 1. The van der Waals surface area contributed by atoms with Crippen LogP contribution in [0.1, 0.15) is 24.1 Å². The molecule has 5 heteroatoms. The highest BCUT2D eigenvalue weighted by atomic mass is 79.9. The first-order valence-corrected chi connectivity index (χ1v) is 7.64. The van der Waals surface area contributed by atoms with E-state index in [0.717, 1.165) is 21.3 Å². The molecule has 0 aromatic heterocycles. The molecule has 1 unspecified atom stereocenters. The van der Waals surface area contributed by atoms with Gasteiger partial charge in [-0.15, -0.1) is 0 Å². The van der Waals surface area contributed by atoms with Crippen LogP contribution >= 0.6 is 39.1 Å². The highest BCUT2D eigenvalue weighted by Gasteiger charge is 2.10. The van der Waals surface area contributed by atoms with E-state index in [0.29, 0.717) is 16.7 Å². The lowest BCUT2D eigenvalue weighted by molar-refractivity contribution is 0.301. The maximum absolute atomic E-state index is 6.12. The van der Waals surface area contributed by atoms with Gasteiger partial charge in [-0.05, 0) is 43.3 Å². The van der Waals surface area contributed by atoms with Crippen molar-refractivity contribution in [3.63, 3.8) is 0 Å². The van der Waals surface area contributed by atoms with Crippen molar-refractivity contribution in [1.29, 1.82) is 0 Å². The molecular formula is C15H14BrCl2NO. The van der Waals surface area contributed by atoms with E-state index in [9.17, 15) is 0 Å². The topological polar surface area (TPSA) is 35.2 Å². The standard InChI is InChI=1S/C15H14BrCl2NO/c1-9(19)13-7-11(16)2-5-15(13)20-8-10-6-12(17)3-4-14(10)18/h2-7,9H,8,19H2,1H3. The number of hydrogen-bond donors (Lipinski definition) is 1. The van der Waals surface area contributed by atoms with Crippen LogP contribution in [0.3, 0.4) is 0 Å². The first kappa shape index (κ1) is 15.6. The maximum atomic E-state index is 6.12. The van der Waals surface area contributed by atoms with Crippen LogP contribution in [0, 0.1) is 0 Å². The molecule has 20 heavy (non-hydrogen) atoms. The predicted molar refractivity (Wildman–Crippen MR) is 87.5 cm³/mol. The van der Waals surface area contributed by atoms with E-state index in [1.165, 1.54) is 0 Å². The van der Waals surface area contributed by atoms with Crippen LogP contribution in [0.4, 0.5) is 0 Å². The van der Waals surface area contributed by atoms with Gasteiger partial charge in [0.15, 0.2) is 0 Å². The summed E-state index contributed by atoms with van der Waals surface area (Å²) in [5.41, 5.74) is 7.75. The number of nitrogens with two attached hydrogens (primary N) is 1. The van der Waals surface area contributed by atoms with E-state index in [1.54, 1.807) is 18.2 Å². The van der Waals surface area contributed by atoms with Gasteiger partial charge in [0.05, 0.1) is 0 Å². The van der Waals surface area contributed by atoms with Crippen molar-refractivity contribution in [2.45, 2.75) is 19.6 Å². The lowest BCUT2D eigenvalue weighted by atomic mass is 10.1. The Balaban J connectivity index is 2.20. The van der Waals surface area contributed by atoms with Crippen molar-refractivity contribution in [2.75, 3.05) is 0 Å². The smallest absolute Gasteiger partial charge is 0.124 e. The summed E-state index contributed by atoms with van der Waals surface area (Å²) in [6, 6.07) is 11.0. The quantitative estimate of drug-likeness (QED) is 0.782. The zero-order chi connectivity index (χ0) is 14.7. The fraction of sp³-hybridized carbons (Fsp3) is 0.200. The van der Waals surface area contributed by atoms with Crippen molar-refractivity contribution in [3.05, 3.63) is 62.0 Å². The zero-order valence-electron chi connectivity index (χ0n) is 10.9. The van der Waals surface area contributed by atoms with Crippen molar-refractivity contribution >= 4 is 39.1 Å². The fourth-order valence-electron chi connectivity index (χ4n) is 1.82. The van der Waals surface area contributed by atoms with Gasteiger partial charge in [0, 0.05) is 31.7 Å². The fourth-order valence-corrected chi connectivity index (χ4v) is 2.56. The van der Waals surface area contributed by atoms with Gasteiger partial charge < -0.3 is 10.5 Å². The third-order valence-corrected chi connectivity index (χ3v) is 3.95. The van der Waals surface area contributed by atoms with Crippen LogP contribution in [0.5, 0.6) is 5.75 Å². The van der Waals surface area contributed by atoms with Gasteiger partial charge in [-0.1, -0.05) is 39.1 Å². The van der Waals surface area contributed by atoms with E-state index < -0.39 is 0 Å². The lowest BCUT2D eigenvalue weighted by Gasteiger charge is -2.15. The first-order valence-electron chi connectivity index (χ1n) is 6.09. The molecule has 2 aromatic rings. The molecule has 0 bridgehead atoms.